The van der Waals surface area contributed by atoms with E-state index in [0.717, 1.165) is 18.4 Å². The predicted molar refractivity (Wildman–Crippen MR) is 64.4 cm³/mol. The summed E-state index contributed by atoms with van der Waals surface area (Å²) in [6, 6.07) is 5.58. The van der Waals surface area contributed by atoms with Crippen molar-refractivity contribution in [1.82, 2.24) is 0 Å². The molecular weight excluding hydrogens is 233 g/mol. The number of aliphatic hydroxyl groups excluding tert-OH is 1. The molecule has 0 aliphatic heterocycles. The van der Waals surface area contributed by atoms with Crippen LogP contribution < -0.4 is 5.73 Å². The van der Waals surface area contributed by atoms with E-state index in [-0.39, 0.29) is 12.5 Å². The molecule has 0 saturated heterocycles. The van der Waals surface area contributed by atoms with Gasteiger partial charge in [-0.3, -0.25) is 0 Å². The molecule has 0 amide bonds. The predicted octanol–water partition coefficient (Wildman–Crippen LogP) is 2.49. The fraction of sp³-hybridized carbons (Fsp3) is 0.455. The zero-order chi connectivity index (χ0) is 11.3. The molecule has 4 heteroatoms. The van der Waals surface area contributed by atoms with Gasteiger partial charge in [0.15, 0.2) is 0 Å². The third-order valence-corrected chi connectivity index (χ3v) is 3.30. The topological polar surface area (TPSA) is 46.2 Å². The molecule has 15 heavy (non-hydrogen) atoms. The minimum absolute atomic E-state index is 0.120. The summed E-state index contributed by atoms with van der Waals surface area (Å²) in [6.07, 6.45) is 1.62. The van der Waals surface area contributed by atoms with Crippen LogP contribution in [0.3, 0.4) is 0 Å². The van der Waals surface area contributed by atoms with Crippen LogP contribution in [-0.2, 0) is 6.42 Å². The van der Waals surface area contributed by atoms with E-state index in [9.17, 15) is 0 Å². The van der Waals surface area contributed by atoms with Crippen LogP contribution in [0.2, 0.25) is 10.0 Å². The van der Waals surface area contributed by atoms with Gasteiger partial charge in [0.2, 0.25) is 0 Å². The zero-order valence-corrected chi connectivity index (χ0v) is 9.93. The Bertz CT molecular complexity index is 313. The molecular formula is C11H15Cl2NO. The smallest absolute Gasteiger partial charge is 0.0624 e. The van der Waals surface area contributed by atoms with Crippen molar-refractivity contribution < 1.29 is 5.11 Å². The number of hydrogen-bond donors (Lipinski definition) is 2. The summed E-state index contributed by atoms with van der Waals surface area (Å²) in [5.41, 5.74) is 6.51. The van der Waals surface area contributed by atoms with Crippen molar-refractivity contribution in [2.45, 2.75) is 12.8 Å². The summed E-state index contributed by atoms with van der Waals surface area (Å²) in [7, 11) is 0. The molecule has 0 aromatic heterocycles. The Morgan fingerprint density at radius 3 is 2.67 bits per heavy atom. The third kappa shape index (κ3) is 3.65. The molecule has 0 aliphatic rings. The van der Waals surface area contributed by atoms with Crippen molar-refractivity contribution >= 4 is 23.2 Å². The first-order valence-electron chi connectivity index (χ1n) is 4.92. The van der Waals surface area contributed by atoms with Crippen molar-refractivity contribution in [2.75, 3.05) is 13.2 Å². The normalized spacial score (nSPS) is 12.8. The highest BCUT2D eigenvalue weighted by molar-refractivity contribution is 6.42. The third-order valence-electron chi connectivity index (χ3n) is 2.45. The van der Waals surface area contributed by atoms with Crippen LogP contribution in [0.5, 0.6) is 0 Å². The van der Waals surface area contributed by atoms with Crippen LogP contribution in [0.1, 0.15) is 12.0 Å². The molecule has 0 bridgehead atoms. The van der Waals surface area contributed by atoms with Gasteiger partial charge in [0, 0.05) is 6.61 Å². The first kappa shape index (κ1) is 12.8. The Hall–Kier alpha value is -0.280. The molecule has 0 fully saturated rings. The van der Waals surface area contributed by atoms with Crippen molar-refractivity contribution in [3.05, 3.63) is 33.8 Å². The molecule has 3 N–H and O–H groups in total. The van der Waals surface area contributed by atoms with Crippen molar-refractivity contribution in [3.8, 4) is 0 Å². The molecule has 1 unspecified atom stereocenters. The highest BCUT2D eigenvalue weighted by atomic mass is 35.5. The molecule has 1 atom stereocenters. The second kappa shape index (κ2) is 6.33. The summed E-state index contributed by atoms with van der Waals surface area (Å²) < 4.78 is 0. The maximum absolute atomic E-state index is 8.99. The maximum atomic E-state index is 8.99. The highest BCUT2D eigenvalue weighted by Crippen LogP contribution is 2.26. The van der Waals surface area contributed by atoms with Crippen LogP contribution in [-0.4, -0.2) is 18.3 Å². The molecule has 0 radical (unpaired) electrons. The molecule has 1 aromatic carbocycles. The molecule has 1 aromatic rings. The Kier molecular flexibility index (Phi) is 5.40. The van der Waals surface area contributed by atoms with Crippen LogP contribution in [0, 0.1) is 5.92 Å². The van der Waals surface area contributed by atoms with E-state index in [0.29, 0.717) is 16.6 Å². The van der Waals surface area contributed by atoms with Gasteiger partial charge in [-0.05, 0) is 36.9 Å². The highest BCUT2D eigenvalue weighted by Gasteiger charge is 2.08. The molecule has 0 aliphatic carbocycles. The van der Waals surface area contributed by atoms with Gasteiger partial charge in [-0.2, -0.15) is 0 Å². The lowest BCUT2D eigenvalue weighted by Gasteiger charge is -2.12. The van der Waals surface area contributed by atoms with E-state index < -0.39 is 0 Å². The number of benzene rings is 1. The lowest BCUT2D eigenvalue weighted by atomic mass is 10.0. The van der Waals surface area contributed by atoms with Gasteiger partial charge in [-0.1, -0.05) is 35.3 Å². The summed E-state index contributed by atoms with van der Waals surface area (Å²) in [5, 5.41) is 10.2. The van der Waals surface area contributed by atoms with Gasteiger partial charge in [0.25, 0.3) is 0 Å². The van der Waals surface area contributed by atoms with E-state index in [4.69, 9.17) is 34.0 Å². The molecule has 0 saturated carbocycles. The van der Waals surface area contributed by atoms with E-state index in [1.54, 1.807) is 6.07 Å². The number of halogens is 2. The zero-order valence-electron chi connectivity index (χ0n) is 8.42. The Morgan fingerprint density at radius 2 is 2.07 bits per heavy atom. The largest absolute Gasteiger partial charge is 0.396 e. The van der Waals surface area contributed by atoms with Gasteiger partial charge in [0.1, 0.15) is 0 Å². The fourth-order valence-corrected chi connectivity index (χ4v) is 1.80. The lowest BCUT2D eigenvalue weighted by Crippen LogP contribution is -2.18. The summed E-state index contributed by atoms with van der Waals surface area (Å²) in [6.45, 7) is 0.614. The molecule has 2 nitrogen and oxygen atoms in total. The first-order chi connectivity index (χ1) is 7.19. The number of aryl methyl sites for hydroxylation is 1. The second-order valence-corrected chi connectivity index (χ2v) is 4.32. The lowest BCUT2D eigenvalue weighted by molar-refractivity contribution is 0.223. The fourth-order valence-electron chi connectivity index (χ4n) is 1.38. The standard InChI is InChI=1S/C11H15Cl2NO/c12-10-3-1-2-9(11(10)13)5-4-8(6-14)7-15/h1-3,8,15H,4-7,14H2. The number of nitrogens with two attached hydrogens (primary N) is 1. The maximum Gasteiger partial charge on any atom is 0.0624 e. The van der Waals surface area contributed by atoms with Crippen LogP contribution >= 0.6 is 23.2 Å². The van der Waals surface area contributed by atoms with Gasteiger partial charge in [0.05, 0.1) is 10.0 Å². The Balaban J connectivity index is 2.61. The quantitative estimate of drug-likeness (QED) is 0.840. The van der Waals surface area contributed by atoms with Gasteiger partial charge in [-0.25, -0.2) is 0 Å². The number of aliphatic hydroxyl groups is 1. The number of hydrogen-bond acceptors (Lipinski definition) is 2. The Morgan fingerprint density at radius 1 is 1.33 bits per heavy atom. The Labute approximate surface area is 100.0 Å². The van der Waals surface area contributed by atoms with Gasteiger partial charge < -0.3 is 10.8 Å². The van der Waals surface area contributed by atoms with Crippen molar-refractivity contribution in [3.63, 3.8) is 0 Å². The SMILES string of the molecule is NCC(CO)CCc1cccc(Cl)c1Cl. The van der Waals surface area contributed by atoms with E-state index >= 15 is 0 Å². The minimum Gasteiger partial charge on any atom is -0.396 e. The molecule has 84 valence electrons. The second-order valence-electron chi connectivity index (χ2n) is 3.54. The van der Waals surface area contributed by atoms with E-state index in [1.165, 1.54) is 0 Å². The van der Waals surface area contributed by atoms with Gasteiger partial charge >= 0.3 is 0 Å². The summed E-state index contributed by atoms with van der Waals surface area (Å²) in [5.74, 6) is 0.139. The molecule has 0 heterocycles. The van der Waals surface area contributed by atoms with Crippen LogP contribution in [0.4, 0.5) is 0 Å². The summed E-state index contributed by atoms with van der Waals surface area (Å²) in [4.78, 5) is 0. The average molecular weight is 248 g/mol. The number of rotatable bonds is 5. The van der Waals surface area contributed by atoms with Crippen molar-refractivity contribution in [2.24, 2.45) is 11.7 Å². The monoisotopic (exact) mass is 247 g/mol. The van der Waals surface area contributed by atoms with Crippen LogP contribution in [0.15, 0.2) is 18.2 Å². The average Bonchev–Trinajstić information content (AvgIpc) is 2.25. The minimum atomic E-state index is 0.120. The molecule has 0 spiro atoms. The first-order valence-corrected chi connectivity index (χ1v) is 5.68. The summed E-state index contributed by atoms with van der Waals surface area (Å²) >= 11 is 11.9. The molecule has 1 rings (SSSR count). The van der Waals surface area contributed by atoms with E-state index in [1.807, 2.05) is 12.1 Å². The van der Waals surface area contributed by atoms with Crippen molar-refractivity contribution in [1.29, 1.82) is 0 Å². The van der Waals surface area contributed by atoms with Gasteiger partial charge in [-0.15, -0.1) is 0 Å². The van der Waals surface area contributed by atoms with Crippen LogP contribution in [0.25, 0.3) is 0 Å². The van der Waals surface area contributed by atoms with E-state index in [2.05, 4.69) is 0 Å².